The van der Waals surface area contributed by atoms with Crippen molar-refractivity contribution in [2.75, 3.05) is 22.1 Å². The summed E-state index contributed by atoms with van der Waals surface area (Å²) in [5.41, 5.74) is 3.43. The number of aliphatic carboxylic acids is 1. The summed E-state index contributed by atoms with van der Waals surface area (Å²) >= 11 is 0. The maximum absolute atomic E-state index is 12.6. The monoisotopic (exact) mass is 379 g/mol. The topological polar surface area (TPSA) is 81.7 Å². The van der Waals surface area contributed by atoms with Crippen molar-refractivity contribution in [1.82, 2.24) is 0 Å². The second-order valence-electron chi connectivity index (χ2n) is 7.68. The lowest BCUT2D eigenvalue weighted by atomic mass is 10.1. The fourth-order valence-corrected chi connectivity index (χ4v) is 4.39. The Balaban J connectivity index is 1.42. The summed E-state index contributed by atoms with van der Waals surface area (Å²) in [4.78, 5) is 25.7. The van der Waals surface area contributed by atoms with Crippen molar-refractivity contribution in [1.29, 1.82) is 0 Å². The summed E-state index contributed by atoms with van der Waals surface area (Å²) in [5.74, 6) is -0.0521. The Labute approximate surface area is 164 Å². The minimum atomic E-state index is -0.830. The molecule has 2 aromatic carbocycles. The molecule has 0 spiro atoms. The van der Waals surface area contributed by atoms with E-state index in [4.69, 9.17) is 5.11 Å². The molecule has 1 aliphatic carbocycles. The average Bonchev–Trinajstić information content (AvgIpc) is 3.30. The van der Waals surface area contributed by atoms with Crippen LogP contribution in [-0.4, -0.2) is 29.7 Å². The van der Waals surface area contributed by atoms with E-state index in [2.05, 4.69) is 21.6 Å². The van der Waals surface area contributed by atoms with Crippen LogP contribution >= 0.6 is 0 Å². The van der Waals surface area contributed by atoms with E-state index in [0.717, 1.165) is 29.4 Å². The van der Waals surface area contributed by atoms with Crippen LogP contribution in [0.3, 0.4) is 0 Å². The van der Waals surface area contributed by atoms with E-state index in [-0.39, 0.29) is 12.5 Å². The molecule has 3 N–H and O–H groups in total. The van der Waals surface area contributed by atoms with Gasteiger partial charge in [0.15, 0.2) is 0 Å². The highest BCUT2D eigenvalue weighted by atomic mass is 16.4. The lowest BCUT2D eigenvalue weighted by Crippen LogP contribution is -2.33. The SMILES string of the molecule is O=C(O)CCc1cccc(NC(=O)Nc2ccccc2N2CC3CCC2C3)c1. The molecule has 2 aliphatic rings. The Hall–Kier alpha value is -3.02. The van der Waals surface area contributed by atoms with Crippen LogP contribution < -0.4 is 15.5 Å². The van der Waals surface area contributed by atoms with Crippen molar-refractivity contribution in [2.24, 2.45) is 5.92 Å². The predicted octanol–water partition coefficient (Wildman–Crippen LogP) is 4.34. The maximum atomic E-state index is 12.6. The van der Waals surface area contributed by atoms with E-state index in [1.165, 1.54) is 19.3 Å². The highest BCUT2D eigenvalue weighted by molar-refractivity contribution is 6.02. The zero-order chi connectivity index (χ0) is 19.5. The highest BCUT2D eigenvalue weighted by Crippen LogP contribution is 2.42. The zero-order valence-electron chi connectivity index (χ0n) is 15.7. The van der Waals surface area contributed by atoms with E-state index < -0.39 is 5.97 Å². The van der Waals surface area contributed by atoms with Crippen LogP contribution in [0.25, 0.3) is 0 Å². The molecule has 1 saturated heterocycles. The molecule has 4 rings (SSSR count). The van der Waals surface area contributed by atoms with Crippen molar-refractivity contribution >= 4 is 29.1 Å². The number of urea groups is 1. The maximum Gasteiger partial charge on any atom is 0.323 e. The van der Waals surface area contributed by atoms with Crippen LogP contribution in [-0.2, 0) is 11.2 Å². The van der Waals surface area contributed by atoms with Gasteiger partial charge in [-0.1, -0.05) is 24.3 Å². The molecule has 2 atom stereocenters. The van der Waals surface area contributed by atoms with Crippen molar-refractivity contribution in [2.45, 2.75) is 38.1 Å². The normalized spacial score (nSPS) is 20.2. The molecule has 2 amide bonds. The number of nitrogens with zero attached hydrogens (tertiary/aromatic N) is 1. The number of piperidine rings is 1. The van der Waals surface area contributed by atoms with Crippen LogP contribution in [0.15, 0.2) is 48.5 Å². The average molecular weight is 379 g/mol. The summed E-state index contributed by atoms with van der Waals surface area (Å²) in [7, 11) is 0. The highest BCUT2D eigenvalue weighted by Gasteiger charge is 2.38. The summed E-state index contributed by atoms with van der Waals surface area (Å²) in [6.07, 6.45) is 4.31. The van der Waals surface area contributed by atoms with E-state index in [1.807, 2.05) is 36.4 Å². The number of aryl methyl sites for hydroxylation is 1. The lowest BCUT2D eigenvalue weighted by molar-refractivity contribution is -0.136. The molecule has 1 aliphatic heterocycles. The number of hydrogen-bond donors (Lipinski definition) is 3. The van der Waals surface area contributed by atoms with Gasteiger partial charge in [-0.25, -0.2) is 4.79 Å². The Morgan fingerprint density at radius 1 is 1.07 bits per heavy atom. The van der Waals surface area contributed by atoms with Crippen LogP contribution in [0, 0.1) is 5.92 Å². The first-order chi connectivity index (χ1) is 13.6. The largest absolute Gasteiger partial charge is 0.481 e. The summed E-state index contributed by atoms with van der Waals surface area (Å²) < 4.78 is 0. The van der Waals surface area contributed by atoms with E-state index in [0.29, 0.717) is 18.2 Å². The number of anilines is 3. The number of carbonyl (C=O) groups excluding carboxylic acids is 1. The van der Waals surface area contributed by atoms with Gasteiger partial charge >= 0.3 is 12.0 Å². The lowest BCUT2D eigenvalue weighted by Gasteiger charge is -2.31. The molecule has 6 heteroatoms. The van der Waals surface area contributed by atoms with Crippen molar-refractivity contribution < 1.29 is 14.7 Å². The van der Waals surface area contributed by atoms with Crippen LogP contribution in [0.4, 0.5) is 21.9 Å². The fourth-order valence-electron chi connectivity index (χ4n) is 4.39. The molecule has 2 aromatic rings. The van der Waals surface area contributed by atoms with Gasteiger partial charge in [-0.2, -0.15) is 0 Å². The second-order valence-corrected chi connectivity index (χ2v) is 7.68. The Morgan fingerprint density at radius 3 is 2.68 bits per heavy atom. The van der Waals surface area contributed by atoms with Gasteiger partial charge in [0.2, 0.25) is 0 Å². The van der Waals surface area contributed by atoms with Gasteiger partial charge in [0.25, 0.3) is 0 Å². The molecule has 0 radical (unpaired) electrons. The molecule has 146 valence electrons. The van der Waals surface area contributed by atoms with Crippen LogP contribution in [0.5, 0.6) is 0 Å². The minimum Gasteiger partial charge on any atom is -0.481 e. The van der Waals surface area contributed by atoms with Gasteiger partial charge in [0.05, 0.1) is 11.4 Å². The quantitative estimate of drug-likeness (QED) is 0.697. The van der Waals surface area contributed by atoms with Gasteiger partial charge in [-0.15, -0.1) is 0 Å². The van der Waals surface area contributed by atoms with E-state index >= 15 is 0 Å². The number of para-hydroxylation sites is 2. The second kappa shape index (κ2) is 7.92. The molecule has 1 saturated carbocycles. The summed E-state index contributed by atoms with van der Waals surface area (Å²) in [5, 5.41) is 14.7. The van der Waals surface area contributed by atoms with E-state index in [1.54, 1.807) is 6.07 Å². The number of rotatable bonds is 6. The number of carbonyl (C=O) groups is 2. The van der Waals surface area contributed by atoms with Crippen LogP contribution in [0.1, 0.15) is 31.2 Å². The Morgan fingerprint density at radius 2 is 1.93 bits per heavy atom. The third-order valence-corrected chi connectivity index (χ3v) is 5.68. The molecule has 2 bridgehead atoms. The van der Waals surface area contributed by atoms with Crippen molar-refractivity contribution in [3.05, 3.63) is 54.1 Å². The number of amides is 2. The number of nitrogens with one attached hydrogen (secondary N) is 2. The third-order valence-electron chi connectivity index (χ3n) is 5.68. The van der Waals surface area contributed by atoms with Gasteiger partial charge in [0, 0.05) is 24.7 Å². The zero-order valence-corrected chi connectivity index (χ0v) is 15.7. The Bertz CT molecular complexity index is 883. The number of fused-ring (bicyclic) bond motifs is 2. The van der Waals surface area contributed by atoms with E-state index in [9.17, 15) is 9.59 Å². The van der Waals surface area contributed by atoms with Gasteiger partial charge in [-0.05, 0) is 61.4 Å². The smallest absolute Gasteiger partial charge is 0.323 e. The summed E-state index contributed by atoms with van der Waals surface area (Å²) in [6.45, 7) is 1.07. The molecule has 28 heavy (non-hydrogen) atoms. The molecule has 1 heterocycles. The molecular formula is C22H25N3O3. The van der Waals surface area contributed by atoms with Crippen molar-refractivity contribution in [3.8, 4) is 0 Å². The minimum absolute atomic E-state index is 0.0705. The first-order valence-electron chi connectivity index (χ1n) is 9.83. The first kappa shape index (κ1) is 18.3. The van der Waals surface area contributed by atoms with Gasteiger partial charge in [0.1, 0.15) is 0 Å². The Kier molecular flexibility index (Phi) is 5.19. The van der Waals surface area contributed by atoms with Crippen LogP contribution in [0.2, 0.25) is 0 Å². The van der Waals surface area contributed by atoms with Gasteiger partial charge in [-0.3, -0.25) is 4.79 Å². The molecule has 2 unspecified atom stereocenters. The standard InChI is InChI=1S/C22H25N3O3/c26-21(27)11-9-15-4-3-5-17(12-15)23-22(28)24-19-6-1-2-7-20(19)25-14-16-8-10-18(25)13-16/h1-7,12,16,18H,8-11,13-14H2,(H,26,27)(H2,23,24,28). The summed E-state index contributed by atoms with van der Waals surface area (Å²) in [6, 6.07) is 15.5. The number of carboxylic acids is 1. The van der Waals surface area contributed by atoms with Crippen molar-refractivity contribution in [3.63, 3.8) is 0 Å². The molecular weight excluding hydrogens is 354 g/mol. The molecule has 6 nitrogen and oxygen atoms in total. The number of benzene rings is 2. The number of hydrogen-bond acceptors (Lipinski definition) is 3. The van der Waals surface area contributed by atoms with Gasteiger partial charge < -0.3 is 20.6 Å². The third kappa shape index (κ3) is 4.11. The fraction of sp³-hybridized carbons (Fsp3) is 0.364. The predicted molar refractivity (Wildman–Crippen MR) is 110 cm³/mol. The molecule has 2 fully saturated rings. The first-order valence-corrected chi connectivity index (χ1v) is 9.83. The number of carboxylic acid groups (broad SMARTS) is 1. The molecule has 0 aromatic heterocycles.